The average molecular weight is 1830 g/mol. The van der Waals surface area contributed by atoms with Crippen LogP contribution in [-0.2, 0) is 19.1 Å². The van der Waals surface area contributed by atoms with Crippen LogP contribution in [0.2, 0.25) is 0 Å². The van der Waals surface area contributed by atoms with Crippen LogP contribution in [0, 0.1) is 75.9 Å². The Hall–Kier alpha value is -3.42. The van der Waals surface area contributed by atoms with Crippen molar-refractivity contribution in [3.63, 3.8) is 0 Å². The number of carbonyl (C=O) groups excluding carboxylic acids is 2. The number of methoxy groups -OCH3 is 1. The van der Waals surface area contributed by atoms with Gasteiger partial charge < -0.3 is 58.5 Å². The monoisotopic (exact) mass is 1830 g/mol. The SMILES string of the molecule is C#CC(O)C(C)(C)CCCC.C#CC/C=C\C/C=C\CCCC.CCCC/C=C\C/C=C\C/C=C\C=C\C(O)C(C)(C)CCCC.CCCCC(C)(C)C(O)/C=C/C=C\C/C=C\C/C=C\CCCC(=O)O.CCCCC(C)(C)C(O)/C=C/I.CCCCC(C)(C)C(O)/C=C/I.CCCCC(C)(C)C=O.COC(=O)C(C)C.[C-]#C.[Li+].[Li+].[OH-]. The Bertz CT molecular complexity index is 2600. The number of halogens is 2. The Morgan fingerprint density at radius 1 is 0.414 bits per heavy atom. The summed E-state index contributed by atoms with van der Waals surface area (Å²) in [6.07, 6.45) is 98.8. The number of carboxylic acids is 1. The Labute approximate surface area is 769 Å². The largest absolute Gasteiger partial charge is 1.00 e. The molecule has 15 heteroatoms. The van der Waals surface area contributed by atoms with Crippen LogP contribution in [0.1, 0.15) is 364 Å². The summed E-state index contributed by atoms with van der Waals surface area (Å²) in [7, 11) is 1.39. The summed E-state index contributed by atoms with van der Waals surface area (Å²) in [6, 6.07) is 0. The summed E-state index contributed by atoms with van der Waals surface area (Å²) in [5, 5.41) is 57.8. The Morgan fingerprint density at radius 2 is 0.681 bits per heavy atom. The number of carbonyl (C=O) groups is 3. The van der Waals surface area contributed by atoms with Crippen LogP contribution in [0.25, 0.3) is 0 Å². The van der Waals surface area contributed by atoms with Gasteiger partial charge >= 0.3 is 49.7 Å². The van der Waals surface area contributed by atoms with E-state index in [1.165, 1.54) is 90.6 Å². The second-order valence-corrected chi connectivity index (χ2v) is 34.4. The molecule has 0 saturated heterocycles. The molecule has 662 valence electrons. The molecule has 0 radical (unpaired) electrons. The molecular formula is C101H176I2Li2O11. The predicted molar refractivity (Wildman–Crippen MR) is 517 cm³/mol. The van der Waals surface area contributed by atoms with Crippen molar-refractivity contribution in [3.8, 4) is 31.1 Å². The van der Waals surface area contributed by atoms with Crippen molar-refractivity contribution in [2.24, 2.45) is 38.4 Å². The first kappa shape index (κ1) is 139. The molecule has 0 spiro atoms. The molecule has 0 aliphatic rings. The smallest absolute Gasteiger partial charge is 0.870 e. The van der Waals surface area contributed by atoms with Crippen LogP contribution in [0.15, 0.2) is 142 Å². The van der Waals surface area contributed by atoms with Crippen LogP contribution in [0.5, 0.6) is 0 Å². The minimum absolute atomic E-state index is 0. The Kier molecular flexibility index (Phi) is 118. The molecule has 0 aromatic heterocycles. The summed E-state index contributed by atoms with van der Waals surface area (Å²) < 4.78 is 8.14. The molecule has 0 aliphatic heterocycles. The maximum atomic E-state index is 10.3. The van der Waals surface area contributed by atoms with E-state index in [1.807, 2.05) is 96.6 Å². The average Bonchev–Trinajstić information content (AvgIpc) is 0.910. The van der Waals surface area contributed by atoms with Crippen LogP contribution in [-0.4, -0.2) is 92.0 Å². The number of aliphatic hydroxyl groups is 5. The molecule has 5 atom stereocenters. The molecular weight excluding hydrogens is 1660 g/mol. The van der Waals surface area contributed by atoms with E-state index in [9.17, 15) is 39.9 Å². The molecule has 0 saturated carbocycles. The summed E-state index contributed by atoms with van der Waals surface area (Å²) in [6.45, 7) is 46.0. The van der Waals surface area contributed by atoms with Gasteiger partial charge in [0.1, 0.15) is 12.4 Å². The van der Waals surface area contributed by atoms with Crippen LogP contribution >= 0.6 is 45.2 Å². The van der Waals surface area contributed by atoms with Gasteiger partial charge in [0, 0.05) is 23.7 Å². The number of hydrogen-bond acceptors (Lipinski definition) is 10. The Morgan fingerprint density at radius 3 is 0.931 bits per heavy atom. The summed E-state index contributed by atoms with van der Waals surface area (Å²) in [4.78, 5) is 31.0. The quantitative estimate of drug-likeness (QED) is 0.00388. The van der Waals surface area contributed by atoms with E-state index in [-0.39, 0.29) is 112 Å². The van der Waals surface area contributed by atoms with Gasteiger partial charge in [0.15, 0.2) is 0 Å². The zero-order valence-electron chi connectivity index (χ0n) is 79.0. The van der Waals surface area contributed by atoms with Gasteiger partial charge in [0.05, 0.1) is 37.4 Å². The molecule has 0 rings (SSSR count). The zero-order valence-corrected chi connectivity index (χ0v) is 83.3. The van der Waals surface area contributed by atoms with E-state index in [1.54, 1.807) is 13.8 Å². The van der Waals surface area contributed by atoms with Gasteiger partial charge in [-0.05, 0) is 138 Å². The third kappa shape index (κ3) is 105. The zero-order chi connectivity index (χ0) is 88.8. The number of terminal acetylenes is 3. The number of hydrogen-bond donors (Lipinski definition) is 6. The molecule has 5 unspecified atom stereocenters. The second kappa shape index (κ2) is 98.7. The Balaban J connectivity index is -0.000000109. The van der Waals surface area contributed by atoms with Crippen molar-refractivity contribution in [3.05, 3.63) is 148 Å². The standard InChI is InChI=1S/C22H36O3.C22H38O.C12H18.2C10H19IO.C10H18O.C8H16O.C5H10O2.C2H.2Li.H2O/c1-4-5-19-22(2,3)20(23)17-15-13-11-9-7-6-8-10-12-14-16-18-21(24)25;1-5-7-9-10-11-12-13-14-15-16-17-18-19-21(23)22(3,4)20-8-6-2;1-3-5-7-9-11-12-10-8-6-4-2;2*1-4-5-7-10(2,3)9(12)6-8-11;1-5-7-8-10(3,4)9(11)6-2;1-4-5-6-8(2,3)7-9;1-4(2)5(6)7-3;1-2;;;/h6-7,10-13,15,17,20,23H,4-5,8-9,14,16,18-19H2,1-3H3,(H,24,25);10-11,13-14,16-19,21,23H,5-9,12,15,20H2,1-4H3;1,7,9-10,12H,4-6,8,11H2,2H3;2*6,8-9,12H,4-5,7H2,1-3H3;2,9,11H,5,7-8H2,1,3-4H3;7H,4-6H2,1-3H3;4H,1-3H3;1H;;;1H2/q;;;;;;;;-1;2*+1;/p-1/b7-6-,12-10-,13-11-,17-15+;11-10-,14-13-,17-16-,19-18+;9-7-,12-10-;2*8-6+;;;;;;;. The summed E-state index contributed by atoms with van der Waals surface area (Å²) >= 11 is 4.28. The minimum Gasteiger partial charge on any atom is -0.870 e. The number of aldehydes is 1. The number of unbranched alkanes of at least 4 members (excludes halogenated alkanes) is 11. The van der Waals surface area contributed by atoms with E-state index in [0.29, 0.717) is 6.42 Å². The molecule has 0 fully saturated rings. The van der Waals surface area contributed by atoms with Gasteiger partial charge in [-0.3, -0.25) is 9.59 Å². The number of rotatable bonds is 52. The predicted octanol–water partition coefficient (Wildman–Crippen LogP) is 22.8. The molecule has 0 aliphatic carbocycles. The van der Waals surface area contributed by atoms with Crippen LogP contribution < -0.4 is 37.7 Å². The van der Waals surface area contributed by atoms with E-state index < -0.39 is 18.2 Å². The topological polar surface area (TPSA) is 212 Å². The molecule has 0 bridgehead atoms. The number of ether oxygens (including phenoxy) is 1. The molecule has 0 heterocycles. The minimum atomic E-state index is -0.730. The van der Waals surface area contributed by atoms with Crippen molar-refractivity contribution in [2.45, 2.75) is 395 Å². The normalized spacial score (nSPS) is 13.2. The molecule has 0 aromatic rings. The summed E-state index contributed by atoms with van der Waals surface area (Å²) in [5.74, 6) is 4.06. The van der Waals surface area contributed by atoms with E-state index >= 15 is 0 Å². The molecule has 7 N–H and O–H groups in total. The first-order valence-corrected chi connectivity index (χ1v) is 45.2. The molecule has 0 aromatic carbocycles. The van der Waals surface area contributed by atoms with E-state index in [4.69, 9.17) is 24.4 Å². The third-order valence-electron chi connectivity index (χ3n) is 18.5. The molecule has 116 heavy (non-hydrogen) atoms. The van der Waals surface area contributed by atoms with Crippen LogP contribution in [0.3, 0.4) is 0 Å². The maximum Gasteiger partial charge on any atom is 1.00 e. The van der Waals surface area contributed by atoms with Crippen molar-refractivity contribution >= 4 is 63.4 Å². The number of carboxylic acid groups (broad SMARTS) is 1. The van der Waals surface area contributed by atoms with Crippen LogP contribution in [0.4, 0.5) is 0 Å². The number of allylic oxidation sites excluding steroid dienone is 18. The molecule has 11 nitrogen and oxygen atoms in total. The van der Waals surface area contributed by atoms with Crippen molar-refractivity contribution in [1.82, 2.24) is 0 Å². The maximum absolute atomic E-state index is 10.3. The van der Waals surface area contributed by atoms with Gasteiger partial charge in [0.2, 0.25) is 0 Å². The fourth-order valence-corrected chi connectivity index (χ4v) is 10.3. The van der Waals surface area contributed by atoms with Gasteiger partial charge in [-0.2, -0.15) is 0 Å². The first-order valence-electron chi connectivity index (χ1n) is 42.7. The fourth-order valence-electron chi connectivity index (χ4n) is 9.56. The van der Waals surface area contributed by atoms with Crippen molar-refractivity contribution in [1.29, 1.82) is 0 Å². The fraction of sp³-hybridized carbons (Fsp3) is 0.673. The van der Waals surface area contributed by atoms with Gasteiger partial charge in [-0.1, -0.05) is 428 Å². The van der Waals surface area contributed by atoms with Crippen molar-refractivity contribution < 1.29 is 93.0 Å². The number of aliphatic hydroxyl groups excluding tert-OH is 5. The second-order valence-electron chi connectivity index (χ2n) is 32.9. The van der Waals surface area contributed by atoms with Gasteiger partial charge in [-0.25, -0.2) is 0 Å². The molecule has 0 amide bonds. The first-order chi connectivity index (χ1) is 53.3. The number of aliphatic carboxylic acids is 1. The number of esters is 1. The van der Waals surface area contributed by atoms with Gasteiger partial charge in [0.25, 0.3) is 0 Å². The van der Waals surface area contributed by atoms with E-state index in [0.717, 1.165) is 122 Å². The third-order valence-corrected chi connectivity index (χ3v) is 19.4. The van der Waals surface area contributed by atoms with Crippen molar-refractivity contribution in [2.75, 3.05) is 7.11 Å². The van der Waals surface area contributed by atoms with Gasteiger partial charge in [-0.15, -0.1) is 18.8 Å². The summed E-state index contributed by atoms with van der Waals surface area (Å²) in [5.41, 5.74) is -0.266. The van der Waals surface area contributed by atoms with E-state index in [2.05, 4.69) is 252 Å².